The third kappa shape index (κ3) is 4.19. The summed E-state index contributed by atoms with van der Waals surface area (Å²) < 4.78 is 0. The molecule has 1 heterocycles. The Morgan fingerprint density at radius 1 is 1.21 bits per heavy atom. The average Bonchev–Trinajstić information content (AvgIpc) is 2.89. The summed E-state index contributed by atoms with van der Waals surface area (Å²) in [5.74, 6) is 0.0438. The number of hydrogen-bond acceptors (Lipinski definition) is 3. The Hall–Kier alpha value is -1.65. The zero-order valence-electron chi connectivity index (χ0n) is 11.0. The molecule has 2 N–H and O–H groups in total. The number of carbonyl (C=O) groups is 1. The van der Waals surface area contributed by atoms with Crippen molar-refractivity contribution < 1.29 is 4.79 Å². The predicted octanol–water partition coefficient (Wildman–Crippen LogP) is 2.64. The van der Waals surface area contributed by atoms with Gasteiger partial charge in [-0.2, -0.15) is 0 Å². The number of thiophene rings is 1. The molecule has 3 nitrogen and oxygen atoms in total. The van der Waals surface area contributed by atoms with E-state index in [2.05, 4.69) is 34.2 Å². The third-order valence-corrected chi connectivity index (χ3v) is 3.66. The first kappa shape index (κ1) is 13.8. The van der Waals surface area contributed by atoms with Crippen molar-refractivity contribution in [2.45, 2.75) is 13.5 Å². The van der Waals surface area contributed by atoms with E-state index in [1.807, 2.05) is 25.1 Å². The molecule has 0 bridgehead atoms. The lowest BCUT2D eigenvalue weighted by Gasteiger charge is -2.03. The molecule has 0 unspecified atom stereocenters. The Bertz CT molecular complexity index is 522. The van der Waals surface area contributed by atoms with Gasteiger partial charge in [-0.1, -0.05) is 30.3 Å². The Morgan fingerprint density at radius 2 is 2.00 bits per heavy atom. The second kappa shape index (κ2) is 7.07. The van der Waals surface area contributed by atoms with Crippen LogP contribution in [-0.2, 0) is 11.3 Å². The Kier molecular flexibility index (Phi) is 5.12. The number of amides is 1. The van der Waals surface area contributed by atoms with Crippen molar-refractivity contribution in [1.82, 2.24) is 10.6 Å². The Morgan fingerprint density at radius 3 is 2.74 bits per heavy atom. The molecule has 0 aliphatic carbocycles. The van der Waals surface area contributed by atoms with E-state index in [0.717, 1.165) is 6.54 Å². The summed E-state index contributed by atoms with van der Waals surface area (Å²) >= 11 is 1.72. The van der Waals surface area contributed by atoms with Crippen molar-refractivity contribution in [3.63, 3.8) is 0 Å². The van der Waals surface area contributed by atoms with Crippen LogP contribution in [0.25, 0.3) is 11.1 Å². The molecule has 0 aliphatic heterocycles. The van der Waals surface area contributed by atoms with Gasteiger partial charge in [0.1, 0.15) is 0 Å². The van der Waals surface area contributed by atoms with E-state index < -0.39 is 0 Å². The molecule has 1 aromatic carbocycles. The van der Waals surface area contributed by atoms with Crippen LogP contribution >= 0.6 is 11.3 Å². The minimum Gasteiger partial charge on any atom is -0.355 e. The maximum absolute atomic E-state index is 11.3. The van der Waals surface area contributed by atoms with E-state index in [1.165, 1.54) is 16.0 Å². The fourth-order valence-electron chi connectivity index (χ4n) is 1.81. The molecule has 0 atom stereocenters. The van der Waals surface area contributed by atoms with Gasteiger partial charge in [0, 0.05) is 18.0 Å². The predicted molar refractivity (Wildman–Crippen MR) is 80.1 cm³/mol. The van der Waals surface area contributed by atoms with Gasteiger partial charge in [0.25, 0.3) is 0 Å². The zero-order chi connectivity index (χ0) is 13.5. The molecular formula is C15H18N2OS. The third-order valence-electron chi connectivity index (χ3n) is 2.72. The molecule has 0 aliphatic rings. The highest BCUT2D eigenvalue weighted by molar-refractivity contribution is 7.10. The van der Waals surface area contributed by atoms with Crippen molar-refractivity contribution in [3.8, 4) is 11.1 Å². The van der Waals surface area contributed by atoms with E-state index in [1.54, 1.807) is 11.3 Å². The van der Waals surface area contributed by atoms with Gasteiger partial charge in [-0.15, -0.1) is 11.3 Å². The zero-order valence-corrected chi connectivity index (χ0v) is 11.8. The Balaban J connectivity index is 1.86. The summed E-state index contributed by atoms with van der Waals surface area (Å²) in [5.41, 5.74) is 2.47. The second-order valence-corrected chi connectivity index (χ2v) is 5.22. The maximum atomic E-state index is 11.3. The van der Waals surface area contributed by atoms with Gasteiger partial charge in [0.05, 0.1) is 6.54 Å². The van der Waals surface area contributed by atoms with Crippen LogP contribution in [-0.4, -0.2) is 19.0 Å². The van der Waals surface area contributed by atoms with Crippen LogP contribution in [0.2, 0.25) is 0 Å². The SMILES string of the molecule is CCNC(=O)CNCc1cc(-c2ccccc2)cs1. The van der Waals surface area contributed by atoms with Crippen LogP contribution < -0.4 is 10.6 Å². The smallest absolute Gasteiger partial charge is 0.233 e. The van der Waals surface area contributed by atoms with Crippen molar-refractivity contribution in [2.75, 3.05) is 13.1 Å². The summed E-state index contributed by atoms with van der Waals surface area (Å²) in [6, 6.07) is 12.5. The number of rotatable bonds is 6. The number of nitrogens with one attached hydrogen (secondary N) is 2. The minimum atomic E-state index is 0.0438. The van der Waals surface area contributed by atoms with Crippen molar-refractivity contribution in [2.24, 2.45) is 0 Å². The maximum Gasteiger partial charge on any atom is 0.233 e. The highest BCUT2D eigenvalue weighted by Gasteiger charge is 2.03. The molecular weight excluding hydrogens is 256 g/mol. The van der Waals surface area contributed by atoms with Gasteiger partial charge in [-0.25, -0.2) is 0 Å². The van der Waals surface area contributed by atoms with Crippen molar-refractivity contribution in [3.05, 3.63) is 46.7 Å². The molecule has 19 heavy (non-hydrogen) atoms. The molecule has 100 valence electrons. The molecule has 1 aromatic heterocycles. The fourth-order valence-corrected chi connectivity index (χ4v) is 2.68. The van der Waals surface area contributed by atoms with Gasteiger partial charge in [0.15, 0.2) is 0 Å². The molecule has 0 saturated heterocycles. The number of carbonyl (C=O) groups excluding carboxylic acids is 1. The molecule has 1 amide bonds. The second-order valence-electron chi connectivity index (χ2n) is 4.22. The first-order valence-corrected chi connectivity index (χ1v) is 7.28. The standard InChI is InChI=1S/C15H18N2OS/c1-2-17-15(18)10-16-9-14-8-13(11-19-14)12-6-4-3-5-7-12/h3-8,11,16H,2,9-10H2,1H3,(H,17,18). The van der Waals surface area contributed by atoms with Crippen molar-refractivity contribution in [1.29, 1.82) is 0 Å². The van der Waals surface area contributed by atoms with Gasteiger partial charge in [0.2, 0.25) is 5.91 Å². The summed E-state index contributed by atoms with van der Waals surface area (Å²) in [7, 11) is 0. The van der Waals surface area contributed by atoms with E-state index in [9.17, 15) is 4.79 Å². The monoisotopic (exact) mass is 274 g/mol. The van der Waals surface area contributed by atoms with Gasteiger partial charge in [-0.3, -0.25) is 4.79 Å². The summed E-state index contributed by atoms with van der Waals surface area (Å²) in [5, 5.41) is 8.07. The minimum absolute atomic E-state index is 0.0438. The first-order valence-electron chi connectivity index (χ1n) is 6.40. The van der Waals surface area contributed by atoms with Crippen LogP contribution in [0.3, 0.4) is 0 Å². The topological polar surface area (TPSA) is 41.1 Å². The highest BCUT2D eigenvalue weighted by Crippen LogP contribution is 2.25. The molecule has 0 spiro atoms. The molecule has 0 fully saturated rings. The molecule has 0 saturated carbocycles. The van der Waals surface area contributed by atoms with E-state index >= 15 is 0 Å². The van der Waals surface area contributed by atoms with E-state index in [4.69, 9.17) is 0 Å². The molecule has 2 rings (SSSR count). The number of hydrogen-bond donors (Lipinski definition) is 2. The van der Waals surface area contributed by atoms with Gasteiger partial charge >= 0.3 is 0 Å². The molecule has 4 heteroatoms. The normalized spacial score (nSPS) is 10.4. The quantitative estimate of drug-likeness (QED) is 0.850. The van der Waals surface area contributed by atoms with Crippen LogP contribution in [0.15, 0.2) is 41.8 Å². The van der Waals surface area contributed by atoms with Crippen LogP contribution in [0.4, 0.5) is 0 Å². The van der Waals surface area contributed by atoms with Crippen LogP contribution in [0.5, 0.6) is 0 Å². The van der Waals surface area contributed by atoms with Gasteiger partial charge < -0.3 is 10.6 Å². The fraction of sp³-hybridized carbons (Fsp3) is 0.267. The lowest BCUT2D eigenvalue weighted by molar-refractivity contribution is -0.120. The number of benzene rings is 1. The van der Waals surface area contributed by atoms with Crippen LogP contribution in [0.1, 0.15) is 11.8 Å². The Labute approximate surface area is 117 Å². The van der Waals surface area contributed by atoms with Crippen LogP contribution in [0, 0.1) is 0 Å². The van der Waals surface area contributed by atoms with E-state index in [-0.39, 0.29) is 5.91 Å². The molecule has 2 aromatic rings. The van der Waals surface area contributed by atoms with Gasteiger partial charge in [-0.05, 0) is 29.5 Å². The first-order chi connectivity index (χ1) is 9.29. The summed E-state index contributed by atoms with van der Waals surface area (Å²) in [4.78, 5) is 12.5. The van der Waals surface area contributed by atoms with Crippen molar-refractivity contribution >= 4 is 17.2 Å². The lowest BCUT2D eigenvalue weighted by atomic mass is 10.1. The summed E-state index contributed by atoms with van der Waals surface area (Å²) in [6.07, 6.45) is 0. The number of likely N-dealkylation sites (N-methyl/N-ethyl adjacent to an activating group) is 1. The highest BCUT2D eigenvalue weighted by atomic mass is 32.1. The lowest BCUT2D eigenvalue weighted by Crippen LogP contribution is -2.33. The average molecular weight is 274 g/mol. The summed E-state index contributed by atoms with van der Waals surface area (Å²) in [6.45, 7) is 3.70. The van der Waals surface area contributed by atoms with E-state index in [0.29, 0.717) is 13.1 Å². The largest absolute Gasteiger partial charge is 0.355 e. The molecule has 0 radical (unpaired) electrons.